The summed E-state index contributed by atoms with van der Waals surface area (Å²) in [5.74, 6) is -0.00280. The van der Waals surface area contributed by atoms with Crippen LogP contribution in [0.5, 0.6) is 0 Å². The van der Waals surface area contributed by atoms with Crippen molar-refractivity contribution in [1.29, 1.82) is 0 Å². The molecule has 2 amide bonds. The van der Waals surface area contributed by atoms with Crippen LogP contribution in [0.15, 0.2) is 12.1 Å². The van der Waals surface area contributed by atoms with E-state index in [-0.39, 0.29) is 23.9 Å². The molecule has 21 heavy (non-hydrogen) atoms. The summed E-state index contributed by atoms with van der Waals surface area (Å²) in [4.78, 5) is 27.7. The molecule has 1 N–H and O–H groups in total. The number of piperazine rings is 1. The van der Waals surface area contributed by atoms with Crippen LogP contribution in [0.4, 0.5) is 0 Å². The molecule has 0 aromatic carbocycles. The van der Waals surface area contributed by atoms with E-state index in [1.807, 2.05) is 26.0 Å². The fourth-order valence-electron chi connectivity index (χ4n) is 2.66. The van der Waals surface area contributed by atoms with Gasteiger partial charge in [-0.3, -0.25) is 9.59 Å². The van der Waals surface area contributed by atoms with Gasteiger partial charge in [-0.1, -0.05) is 38.3 Å². The standard InChI is InChI=1S/C15H21ClN2O2S/c1-3-5-11-15(20)18(9-10-7-8-13(16)21-10)12(6-4-2)14(19)17-11/h7-8,11-12H,3-6,9H2,1-2H3,(H,17,19). The lowest BCUT2D eigenvalue weighted by Crippen LogP contribution is -2.62. The van der Waals surface area contributed by atoms with E-state index >= 15 is 0 Å². The Morgan fingerprint density at radius 3 is 2.52 bits per heavy atom. The van der Waals surface area contributed by atoms with Crippen molar-refractivity contribution in [2.24, 2.45) is 0 Å². The molecule has 1 aliphatic heterocycles. The number of rotatable bonds is 6. The summed E-state index contributed by atoms with van der Waals surface area (Å²) in [6.45, 7) is 4.51. The molecular weight excluding hydrogens is 308 g/mol. The number of amides is 2. The number of carbonyl (C=O) groups excluding carboxylic acids is 2. The molecule has 1 saturated heterocycles. The van der Waals surface area contributed by atoms with Crippen molar-refractivity contribution in [3.63, 3.8) is 0 Å². The van der Waals surface area contributed by atoms with E-state index in [0.717, 1.165) is 17.7 Å². The van der Waals surface area contributed by atoms with Gasteiger partial charge in [0.25, 0.3) is 0 Å². The highest BCUT2D eigenvalue weighted by molar-refractivity contribution is 7.16. The lowest BCUT2D eigenvalue weighted by molar-refractivity contribution is -0.150. The third-order valence-electron chi connectivity index (χ3n) is 3.67. The highest BCUT2D eigenvalue weighted by Crippen LogP contribution is 2.26. The number of carbonyl (C=O) groups is 2. The van der Waals surface area contributed by atoms with Gasteiger partial charge in [0.15, 0.2) is 0 Å². The molecule has 4 nitrogen and oxygen atoms in total. The van der Waals surface area contributed by atoms with Crippen LogP contribution in [0.1, 0.15) is 44.4 Å². The summed E-state index contributed by atoms with van der Waals surface area (Å²) < 4.78 is 0.705. The van der Waals surface area contributed by atoms with E-state index in [0.29, 0.717) is 23.7 Å². The predicted molar refractivity (Wildman–Crippen MR) is 85.4 cm³/mol. The average Bonchev–Trinajstić information content (AvgIpc) is 2.85. The van der Waals surface area contributed by atoms with Crippen LogP contribution in [-0.4, -0.2) is 28.8 Å². The van der Waals surface area contributed by atoms with Crippen molar-refractivity contribution in [2.45, 2.75) is 58.2 Å². The quantitative estimate of drug-likeness (QED) is 0.871. The van der Waals surface area contributed by atoms with Crippen LogP contribution in [0.25, 0.3) is 0 Å². The Balaban J connectivity index is 2.20. The number of hydrogen-bond acceptors (Lipinski definition) is 3. The van der Waals surface area contributed by atoms with Gasteiger partial charge in [0.2, 0.25) is 11.8 Å². The first kappa shape index (κ1) is 16.3. The van der Waals surface area contributed by atoms with Crippen LogP contribution in [0, 0.1) is 0 Å². The lowest BCUT2D eigenvalue weighted by atomic mass is 10.0. The van der Waals surface area contributed by atoms with Gasteiger partial charge in [-0.2, -0.15) is 0 Å². The first-order chi connectivity index (χ1) is 10.1. The molecule has 1 aromatic heterocycles. The summed E-state index contributed by atoms with van der Waals surface area (Å²) in [5, 5.41) is 2.87. The Morgan fingerprint density at radius 2 is 1.95 bits per heavy atom. The number of nitrogens with zero attached hydrogens (tertiary/aromatic N) is 1. The Bertz CT molecular complexity index is 518. The second-order valence-corrected chi connectivity index (χ2v) is 7.13. The van der Waals surface area contributed by atoms with E-state index in [2.05, 4.69) is 5.32 Å². The van der Waals surface area contributed by atoms with Gasteiger partial charge in [-0.15, -0.1) is 11.3 Å². The summed E-state index contributed by atoms with van der Waals surface area (Å²) in [6, 6.07) is 3.00. The SMILES string of the molecule is CCCC1NC(=O)C(CCC)N(Cc2ccc(Cl)s2)C1=O. The van der Waals surface area contributed by atoms with Crippen molar-refractivity contribution in [2.75, 3.05) is 0 Å². The summed E-state index contributed by atoms with van der Waals surface area (Å²) in [5.41, 5.74) is 0. The molecule has 116 valence electrons. The molecule has 2 atom stereocenters. The molecular formula is C15H21ClN2O2S. The average molecular weight is 329 g/mol. The van der Waals surface area contributed by atoms with Crippen LogP contribution in [-0.2, 0) is 16.1 Å². The monoisotopic (exact) mass is 328 g/mol. The molecule has 1 aromatic rings. The number of halogens is 1. The van der Waals surface area contributed by atoms with Gasteiger partial charge in [0.05, 0.1) is 10.9 Å². The second kappa shape index (κ2) is 7.27. The van der Waals surface area contributed by atoms with Crippen LogP contribution >= 0.6 is 22.9 Å². The summed E-state index contributed by atoms with van der Waals surface area (Å²) >= 11 is 7.41. The zero-order valence-electron chi connectivity index (χ0n) is 12.4. The summed E-state index contributed by atoms with van der Waals surface area (Å²) in [6.07, 6.45) is 3.11. The maximum absolute atomic E-state index is 12.6. The molecule has 1 aliphatic rings. The van der Waals surface area contributed by atoms with Crippen molar-refractivity contribution < 1.29 is 9.59 Å². The van der Waals surface area contributed by atoms with Crippen molar-refractivity contribution in [3.8, 4) is 0 Å². The zero-order valence-corrected chi connectivity index (χ0v) is 14.0. The number of nitrogens with one attached hydrogen (secondary N) is 1. The van der Waals surface area contributed by atoms with E-state index in [1.54, 1.807) is 4.90 Å². The molecule has 2 heterocycles. The minimum absolute atomic E-state index is 0.0272. The largest absolute Gasteiger partial charge is 0.343 e. The van der Waals surface area contributed by atoms with Crippen molar-refractivity contribution >= 4 is 34.8 Å². The molecule has 0 spiro atoms. The predicted octanol–water partition coefficient (Wildman–Crippen LogP) is 3.20. The Morgan fingerprint density at radius 1 is 1.24 bits per heavy atom. The van der Waals surface area contributed by atoms with E-state index in [1.165, 1.54) is 11.3 Å². The molecule has 1 fully saturated rings. The Kier molecular flexibility index (Phi) is 5.65. The van der Waals surface area contributed by atoms with Crippen LogP contribution in [0.3, 0.4) is 0 Å². The van der Waals surface area contributed by atoms with Gasteiger partial charge in [0, 0.05) is 4.88 Å². The maximum atomic E-state index is 12.6. The first-order valence-electron chi connectivity index (χ1n) is 7.41. The third kappa shape index (κ3) is 3.77. The molecule has 0 saturated carbocycles. The van der Waals surface area contributed by atoms with E-state index in [4.69, 9.17) is 11.6 Å². The topological polar surface area (TPSA) is 49.4 Å². The highest BCUT2D eigenvalue weighted by atomic mass is 35.5. The van der Waals surface area contributed by atoms with Gasteiger partial charge in [0.1, 0.15) is 12.1 Å². The van der Waals surface area contributed by atoms with Gasteiger partial charge in [-0.05, 0) is 25.0 Å². The molecule has 0 radical (unpaired) electrons. The normalized spacial score (nSPS) is 22.5. The molecule has 2 rings (SSSR count). The Hall–Kier alpha value is -1.07. The molecule has 6 heteroatoms. The third-order valence-corrected chi connectivity index (χ3v) is 4.89. The first-order valence-corrected chi connectivity index (χ1v) is 8.61. The van der Waals surface area contributed by atoms with Crippen LogP contribution < -0.4 is 5.32 Å². The molecule has 2 unspecified atom stereocenters. The number of thiophene rings is 1. The fourth-order valence-corrected chi connectivity index (χ4v) is 3.75. The van der Waals surface area contributed by atoms with Crippen LogP contribution in [0.2, 0.25) is 4.34 Å². The molecule has 0 aliphatic carbocycles. The van der Waals surface area contributed by atoms with Crippen molar-refractivity contribution in [1.82, 2.24) is 10.2 Å². The van der Waals surface area contributed by atoms with E-state index < -0.39 is 0 Å². The van der Waals surface area contributed by atoms with E-state index in [9.17, 15) is 9.59 Å². The van der Waals surface area contributed by atoms with Gasteiger partial charge in [-0.25, -0.2) is 0 Å². The zero-order chi connectivity index (χ0) is 15.4. The smallest absolute Gasteiger partial charge is 0.246 e. The second-order valence-electron chi connectivity index (χ2n) is 5.33. The number of hydrogen-bond donors (Lipinski definition) is 1. The minimum Gasteiger partial charge on any atom is -0.343 e. The van der Waals surface area contributed by atoms with Crippen molar-refractivity contribution in [3.05, 3.63) is 21.3 Å². The van der Waals surface area contributed by atoms with Gasteiger partial charge < -0.3 is 10.2 Å². The molecule has 0 bridgehead atoms. The Labute approximate surface area is 134 Å². The van der Waals surface area contributed by atoms with Gasteiger partial charge >= 0.3 is 0 Å². The highest BCUT2D eigenvalue weighted by Gasteiger charge is 2.39. The maximum Gasteiger partial charge on any atom is 0.246 e. The lowest BCUT2D eigenvalue weighted by Gasteiger charge is -2.38. The fraction of sp³-hybridized carbons (Fsp3) is 0.600. The minimum atomic E-state index is -0.383. The summed E-state index contributed by atoms with van der Waals surface area (Å²) in [7, 11) is 0.